The molecule has 0 aromatic carbocycles. The van der Waals surface area contributed by atoms with Gasteiger partial charge >= 0.3 is 0 Å². The van der Waals surface area contributed by atoms with Crippen molar-refractivity contribution in [2.24, 2.45) is 28.6 Å². The molecule has 10 nitrogen and oxygen atoms in total. The lowest BCUT2D eigenvalue weighted by atomic mass is 9.70. The van der Waals surface area contributed by atoms with E-state index in [-0.39, 0.29) is 35.6 Å². The fraction of sp³-hybridized carbons (Fsp3) is 0.720. The summed E-state index contributed by atoms with van der Waals surface area (Å²) >= 11 is 0. The number of hydroxylamine groups is 2. The molecule has 2 aromatic rings. The summed E-state index contributed by atoms with van der Waals surface area (Å²) in [4.78, 5) is 34.1. The average molecular weight is 486 g/mol. The van der Waals surface area contributed by atoms with Crippen LogP contribution in [0, 0.1) is 35.5 Å². The van der Waals surface area contributed by atoms with E-state index in [4.69, 9.17) is 0 Å². The number of hydrogen-bond acceptors (Lipinski definition) is 8. The van der Waals surface area contributed by atoms with Crippen LogP contribution < -0.4 is 10.9 Å². The Labute approximate surface area is 206 Å². The number of nitrogens with one attached hydrogen (secondary N) is 2. The number of ketones is 1. The zero-order valence-electron chi connectivity index (χ0n) is 21.5. The molecule has 0 aliphatic heterocycles. The van der Waals surface area contributed by atoms with E-state index in [2.05, 4.69) is 53.6 Å². The summed E-state index contributed by atoms with van der Waals surface area (Å²) in [5.41, 5.74) is 6.90. The Morgan fingerprint density at radius 1 is 1.37 bits per heavy atom. The van der Waals surface area contributed by atoms with E-state index in [0.29, 0.717) is 29.5 Å². The van der Waals surface area contributed by atoms with Gasteiger partial charge in [0.25, 0.3) is 5.78 Å². The topological polar surface area (TPSA) is 125 Å². The third kappa shape index (κ3) is 4.31. The molecule has 0 radical (unpaired) electrons. The van der Waals surface area contributed by atoms with E-state index >= 15 is 0 Å². The Hall–Kier alpha value is -2.59. The molecule has 2 aliphatic carbocycles. The number of unbranched alkanes of at least 4 members (excludes halogenated alkanes) is 2. The van der Waals surface area contributed by atoms with E-state index in [1.807, 2.05) is 13.0 Å². The van der Waals surface area contributed by atoms with Crippen LogP contribution in [0.5, 0.6) is 0 Å². The number of carbonyl (C=O) groups is 2. The van der Waals surface area contributed by atoms with Gasteiger partial charge in [-0.2, -0.15) is 14.6 Å². The molecule has 2 saturated carbocycles. The van der Waals surface area contributed by atoms with Gasteiger partial charge in [0.2, 0.25) is 6.41 Å². The van der Waals surface area contributed by atoms with E-state index in [0.717, 1.165) is 37.8 Å². The molecule has 35 heavy (non-hydrogen) atoms. The molecule has 2 heterocycles. The minimum Gasteiger partial charge on any atom is -0.305 e. The summed E-state index contributed by atoms with van der Waals surface area (Å²) in [5.74, 6) is 1.48. The minimum absolute atomic E-state index is 0.0360. The zero-order valence-corrected chi connectivity index (χ0v) is 21.5. The van der Waals surface area contributed by atoms with Gasteiger partial charge < -0.3 is 5.43 Å². The Morgan fingerprint density at radius 3 is 2.86 bits per heavy atom. The second kappa shape index (κ2) is 9.81. The number of Topliss-reactive ketones (excluding diaryl/α,β-unsaturated/α-hetero) is 1. The van der Waals surface area contributed by atoms with Gasteiger partial charge in [0, 0.05) is 23.7 Å². The molecular formula is C25H39N7O3. The average Bonchev–Trinajstić information content (AvgIpc) is 3.10. The highest BCUT2D eigenvalue weighted by molar-refractivity contribution is 5.93. The van der Waals surface area contributed by atoms with Crippen molar-refractivity contribution in [3.8, 4) is 0 Å². The molecule has 3 N–H and O–H groups in total. The first kappa shape index (κ1) is 25.5. The Morgan fingerprint density at radius 2 is 2.14 bits per heavy atom. The molecule has 2 aromatic heterocycles. The fourth-order valence-electron chi connectivity index (χ4n) is 6.78. The summed E-state index contributed by atoms with van der Waals surface area (Å²) < 4.78 is 1.64. The number of rotatable bonds is 12. The molecule has 2 aliphatic rings. The maximum absolute atomic E-state index is 14.4. The maximum Gasteiger partial charge on any atom is 0.254 e. The van der Waals surface area contributed by atoms with Crippen molar-refractivity contribution < 1.29 is 14.8 Å². The van der Waals surface area contributed by atoms with Crippen LogP contribution in [0.3, 0.4) is 0 Å². The lowest BCUT2D eigenvalue weighted by molar-refractivity contribution is -0.156. The second-order valence-electron chi connectivity index (χ2n) is 11.0. The largest absolute Gasteiger partial charge is 0.305 e. The van der Waals surface area contributed by atoms with E-state index in [1.54, 1.807) is 4.52 Å². The van der Waals surface area contributed by atoms with Crippen molar-refractivity contribution in [3.05, 3.63) is 18.1 Å². The van der Waals surface area contributed by atoms with Gasteiger partial charge in [0.15, 0.2) is 0 Å². The lowest BCUT2D eigenvalue weighted by Gasteiger charge is -2.40. The normalized spacial score (nSPS) is 27.8. The summed E-state index contributed by atoms with van der Waals surface area (Å²) in [6.45, 7) is 10.6. The monoisotopic (exact) mass is 485 g/mol. The van der Waals surface area contributed by atoms with Crippen molar-refractivity contribution >= 4 is 23.8 Å². The van der Waals surface area contributed by atoms with Crippen molar-refractivity contribution in [2.45, 2.75) is 79.2 Å². The van der Waals surface area contributed by atoms with Gasteiger partial charge in [0.05, 0.1) is 12.0 Å². The van der Waals surface area contributed by atoms with Crippen molar-refractivity contribution in [1.29, 1.82) is 0 Å². The Bertz CT molecular complexity index is 1070. The minimum atomic E-state index is -0.582. The molecule has 1 amide bonds. The number of carbonyl (C=O) groups excluding carboxylic acids is 2. The number of aryl methyl sites for hydroxylation is 1. The van der Waals surface area contributed by atoms with Crippen LogP contribution in [0.25, 0.3) is 5.78 Å². The standard InChI is InChI=1S/C25H39N7O3/c1-6-7-8-9-18(13-31(35)15-33)22(34)25-19(24(25,4)5)11-10-16(2)21(25)30-29-20-12-17(3)28-23-26-14-27-32(20)23/h12,14-16,18-19,21,29-30,35H,6-11,13H2,1-5H3/t16?,18-,19?,21?,25?/m1/s1. The number of hydrogen-bond donors (Lipinski definition) is 3. The van der Waals surface area contributed by atoms with Gasteiger partial charge in [0.1, 0.15) is 17.9 Å². The number of aromatic nitrogens is 4. The van der Waals surface area contributed by atoms with Crippen LogP contribution in [0.1, 0.15) is 71.9 Å². The van der Waals surface area contributed by atoms with Crippen molar-refractivity contribution in [3.63, 3.8) is 0 Å². The predicted octanol–water partition coefficient (Wildman–Crippen LogP) is 3.40. The maximum atomic E-state index is 14.4. The summed E-state index contributed by atoms with van der Waals surface area (Å²) in [6, 6.07) is 1.78. The van der Waals surface area contributed by atoms with Crippen molar-refractivity contribution in [1.82, 2.24) is 30.1 Å². The first-order valence-corrected chi connectivity index (χ1v) is 12.8. The van der Waals surface area contributed by atoms with Crippen LogP contribution in [0.2, 0.25) is 0 Å². The van der Waals surface area contributed by atoms with Gasteiger partial charge in [-0.15, -0.1) is 0 Å². The Balaban J connectivity index is 1.64. The number of fused-ring (bicyclic) bond motifs is 2. The number of anilines is 1. The predicted molar refractivity (Wildman–Crippen MR) is 131 cm³/mol. The SMILES string of the molecule is CCCCC[C@H](CN(O)C=O)C(=O)C12C(NNc3cc(C)nc4ncnn34)C(C)CCC1C2(C)C. The van der Waals surface area contributed by atoms with Crippen LogP contribution in [0.4, 0.5) is 5.82 Å². The smallest absolute Gasteiger partial charge is 0.254 e. The van der Waals surface area contributed by atoms with Gasteiger partial charge in [-0.05, 0) is 43.4 Å². The quantitative estimate of drug-likeness (QED) is 0.181. The second-order valence-corrected chi connectivity index (χ2v) is 11.0. The van der Waals surface area contributed by atoms with Crippen LogP contribution >= 0.6 is 0 Å². The lowest BCUT2D eigenvalue weighted by Crippen LogP contribution is -2.54. The number of amides is 1. The molecular weight excluding hydrogens is 446 g/mol. The molecule has 4 rings (SSSR count). The van der Waals surface area contributed by atoms with Gasteiger partial charge in [-0.25, -0.2) is 15.5 Å². The van der Waals surface area contributed by atoms with E-state index < -0.39 is 11.3 Å². The molecule has 0 spiro atoms. The molecule has 10 heteroatoms. The van der Waals surface area contributed by atoms with Crippen molar-refractivity contribution in [2.75, 3.05) is 12.0 Å². The van der Waals surface area contributed by atoms with Gasteiger partial charge in [-0.1, -0.05) is 47.0 Å². The third-order valence-electron chi connectivity index (χ3n) is 8.57. The third-order valence-corrected chi connectivity index (χ3v) is 8.57. The summed E-state index contributed by atoms with van der Waals surface area (Å²) in [6.07, 6.45) is 7.51. The molecule has 5 atom stereocenters. The van der Waals surface area contributed by atoms with Crippen LogP contribution in [-0.2, 0) is 9.59 Å². The van der Waals surface area contributed by atoms with Crippen LogP contribution in [0.15, 0.2) is 12.4 Å². The highest BCUT2D eigenvalue weighted by atomic mass is 16.5. The highest BCUT2D eigenvalue weighted by Crippen LogP contribution is 2.76. The highest BCUT2D eigenvalue weighted by Gasteiger charge is 2.79. The molecule has 0 saturated heterocycles. The molecule has 2 fully saturated rings. The zero-order chi connectivity index (χ0) is 25.4. The Kier molecular flexibility index (Phi) is 7.15. The van der Waals surface area contributed by atoms with E-state index in [9.17, 15) is 14.8 Å². The first-order valence-electron chi connectivity index (χ1n) is 12.8. The van der Waals surface area contributed by atoms with Gasteiger partial charge in [-0.3, -0.25) is 14.8 Å². The van der Waals surface area contributed by atoms with Crippen LogP contribution in [-0.4, -0.2) is 54.6 Å². The molecule has 192 valence electrons. The number of hydrazine groups is 1. The summed E-state index contributed by atoms with van der Waals surface area (Å²) in [7, 11) is 0. The first-order chi connectivity index (χ1) is 16.7. The number of nitrogens with zero attached hydrogens (tertiary/aromatic N) is 5. The molecule has 0 bridgehead atoms. The molecule has 4 unspecified atom stereocenters. The fourth-order valence-corrected chi connectivity index (χ4v) is 6.78. The van der Waals surface area contributed by atoms with E-state index in [1.165, 1.54) is 6.33 Å². The summed E-state index contributed by atoms with van der Waals surface area (Å²) in [5, 5.41) is 14.9.